The predicted molar refractivity (Wildman–Crippen MR) is 116 cm³/mol. The van der Waals surface area contributed by atoms with Gasteiger partial charge in [0, 0.05) is 30.3 Å². The summed E-state index contributed by atoms with van der Waals surface area (Å²) >= 11 is 6.73. The number of aromatic amines is 1. The largest absolute Gasteiger partial charge is 0.367 e. The summed E-state index contributed by atoms with van der Waals surface area (Å²) in [6, 6.07) is 17.9. The molecule has 4 heteroatoms. The summed E-state index contributed by atoms with van der Waals surface area (Å²) in [6.45, 7) is 1.08. The van der Waals surface area contributed by atoms with E-state index in [0.29, 0.717) is 12.0 Å². The third-order valence-corrected chi connectivity index (χ3v) is 6.82. The number of hydrogen-bond acceptors (Lipinski definition) is 2. The van der Waals surface area contributed by atoms with Crippen LogP contribution in [0.25, 0.3) is 11.3 Å². The van der Waals surface area contributed by atoms with Crippen molar-refractivity contribution in [2.45, 2.75) is 50.5 Å². The summed E-state index contributed by atoms with van der Waals surface area (Å²) in [5.41, 5.74) is 6.45. The van der Waals surface area contributed by atoms with Crippen LogP contribution in [0.1, 0.15) is 49.1 Å². The molecular formula is C24H26ClN3. The van der Waals surface area contributed by atoms with E-state index in [1.54, 1.807) is 17.3 Å². The maximum atomic E-state index is 6.73. The molecule has 144 valence electrons. The standard InChI is InChI=1S/C24H26ClN3/c25-21-12-11-18(22-13-14-26-27-22)16-24(21)28-15-4-3-10-23(28)20-9-5-7-17-6-1-2-8-19(17)20/h1-2,6,8,11-14,16,20,23H,3-5,7,9-10,15H2,(H,26,27). The molecule has 5 rings (SSSR count). The number of H-pyrrole nitrogens is 1. The van der Waals surface area contributed by atoms with Crippen LogP contribution in [0.3, 0.4) is 0 Å². The molecule has 1 aliphatic carbocycles. The molecule has 28 heavy (non-hydrogen) atoms. The van der Waals surface area contributed by atoms with Crippen molar-refractivity contribution in [3.8, 4) is 11.3 Å². The zero-order chi connectivity index (χ0) is 18.9. The summed E-state index contributed by atoms with van der Waals surface area (Å²) in [6.07, 6.45) is 9.35. The van der Waals surface area contributed by atoms with E-state index in [4.69, 9.17) is 11.6 Å². The van der Waals surface area contributed by atoms with Gasteiger partial charge in [-0.25, -0.2) is 0 Å². The van der Waals surface area contributed by atoms with Gasteiger partial charge in [0.15, 0.2) is 0 Å². The van der Waals surface area contributed by atoms with Crippen LogP contribution in [0.5, 0.6) is 0 Å². The summed E-state index contributed by atoms with van der Waals surface area (Å²) in [7, 11) is 0. The Bertz CT molecular complexity index is 950. The molecular weight excluding hydrogens is 366 g/mol. The van der Waals surface area contributed by atoms with Crippen molar-refractivity contribution in [2.24, 2.45) is 0 Å². The van der Waals surface area contributed by atoms with Gasteiger partial charge in [-0.15, -0.1) is 0 Å². The van der Waals surface area contributed by atoms with Crippen LogP contribution in [-0.2, 0) is 6.42 Å². The molecule has 0 bridgehead atoms. The van der Waals surface area contributed by atoms with Gasteiger partial charge < -0.3 is 4.90 Å². The van der Waals surface area contributed by atoms with Crippen molar-refractivity contribution in [1.82, 2.24) is 10.2 Å². The van der Waals surface area contributed by atoms with E-state index in [1.807, 2.05) is 12.1 Å². The Morgan fingerprint density at radius 3 is 2.82 bits per heavy atom. The highest BCUT2D eigenvalue weighted by Gasteiger charge is 2.34. The highest BCUT2D eigenvalue weighted by Crippen LogP contribution is 2.43. The molecule has 2 heterocycles. The van der Waals surface area contributed by atoms with E-state index < -0.39 is 0 Å². The number of rotatable bonds is 3. The van der Waals surface area contributed by atoms with Gasteiger partial charge in [0.1, 0.15) is 0 Å². The molecule has 2 atom stereocenters. The second kappa shape index (κ2) is 7.63. The van der Waals surface area contributed by atoms with Gasteiger partial charge in [-0.2, -0.15) is 5.10 Å². The van der Waals surface area contributed by atoms with Gasteiger partial charge in [0.2, 0.25) is 0 Å². The number of nitrogens with one attached hydrogen (secondary N) is 1. The van der Waals surface area contributed by atoms with E-state index >= 15 is 0 Å². The summed E-state index contributed by atoms with van der Waals surface area (Å²) in [5.74, 6) is 0.595. The van der Waals surface area contributed by atoms with Gasteiger partial charge in [0.25, 0.3) is 0 Å². The lowest BCUT2D eigenvalue weighted by molar-refractivity contribution is 0.371. The van der Waals surface area contributed by atoms with Gasteiger partial charge in [0.05, 0.1) is 16.4 Å². The topological polar surface area (TPSA) is 31.9 Å². The lowest BCUT2D eigenvalue weighted by Gasteiger charge is -2.44. The molecule has 0 saturated carbocycles. The second-order valence-corrected chi connectivity index (χ2v) is 8.50. The summed E-state index contributed by atoms with van der Waals surface area (Å²) in [5, 5.41) is 8.03. The zero-order valence-corrected chi connectivity index (χ0v) is 16.8. The third-order valence-electron chi connectivity index (χ3n) is 6.50. The van der Waals surface area contributed by atoms with Crippen LogP contribution in [0.2, 0.25) is 5.02 Å². The fraction of sp³-hybridized carbons (Fsp3) is 0.375. The van der Waals surface area contributed by atoms with Crippen molar-refractivity contribution in [2.75, 3.05) is 11.4 Å². The van der Waals surface area contributed by atoms with Gasteiger partial charge in [-0.05, 0) is 67.9 Å². The molecule has 1 saturated heterocycles. The highest BCUT2D eigenvalue weighted by molar-refractivity contribution is 6.33. The SMILES string of the molecule is Clc1ccc(-c2ccn[nH]2)cc1N1CCCCC1C1CCCc2ccccc21. The Balaban J connectivity index is 1.53. The minimum Gasteiger partial charge on any atom is -0.367 e. The highest BCUT2D eigenvalue weighted by atomic mass is 35.5. The normalized spacial score (nSPS) is 22.1. The third kappa shape index (κ3) is 3.22. The molecule has 2 unspecified atom stereocenters. The molecule has 3 aromatic rings. The maximum Gasteiger partial charge on any atom is 0.0650 e. The van der Waals surface area contributed by atoms with Crippen LogP contribution < -0.4 is 4.90 Å². The van der Waals surface area contributed by atoms with Gasteiger partial charge in [-0.1, -0.05) is 41.9 Å². The van der Waals surface area contributed by atoms with Crippen molar-refractivity contribution in [3.05, 3.63) is 70.9 Å². The van der Waals surface area contributed by atoms with E-state index in [9.17, 15) is 0 Å². The first-order valence-corrected chi connectivity index (χ1v) is 10.8. The first-order valence-electron chi connectivity index (χ1n) is 10.4. The quantitative estimate of drug-likeness (QED) is 0.575. The Kier molecular flexibility index (Phi) is 4.86. The van der Waals surface area contributed by atoms with Gasteiger partial charge >= 0.3 is 0 Å². The molecule has 2 aromatic carbocycles. The predicted octanol–water partition coefficient (Wildman–Crippen LogP) is 6.21. The lowest BCUT2D eigenvalue weighted by Crippen LogP contribution is -2.44. The molecule has 1 aliphatic heterocycles. The van der Waals surface area contributed by atoms with Crippen LogP contribution in [0.15, 0.2) is 54.7 Å². The monoisotopic (exact) mass is 391 g/mol. The van der Waals surface area contributed by atoms with E-state index in [2.05, 4.69) is 51.5 Å². The zero-order valence-electron chi connectivity index (χ0n) is 16.1. The molecule has 1 fully saturated rings. The Hall–Kier alpha value is -2.26. The van der Waals surface area contributed by atoms with E-state index in [-0.39, 0.29) is 0 Å². The first kappa shape index (κ1) is 17.8. The summed E-state index contributed by atoms with van der Waals surface area (Å²) in [4.78, 5) is 2.60. The van der Waals surface area contributed by atoms with E-state index in [1.165, 1.54) is 44.2 Å². The van der Waals surface area contributed by atoms with Crippen molar-refractivity contribution in [3.63, 3.8) is 0 Å². The molecule has 0 amide bonds. The van der Waals surface area contributed by atoms with Crippen LogP contribution in [0.4, 0.5) is 5.69 Å². The minimum atomic E-state index is 0.518. The fourth-order valence-corrected chi connectivity index (χ4v) is 5.41. The smallest absolute Gasteiger partial charge is 0.0650 e. The molecule has 2 aliphatic rings. The number of nitrogens with zero attached hydrogens (tertiary/aromatic N) is 2. The van der Waals surface area contributed by atoms with Crippen molar-refractivity contribution in [1.29, 1.82) is 0 Å². The average molecular weight is 392 g/mol. The number of aryl methyl sites for hydroxylation is 1. The first-order chi connectivity index (χ1) is 13.8. The number of aromatic nitrogens is 2. The Morgan fingerprint density at radius 1 is 1.00 bits per heavy atom. The Labute approximate surface area is 171 Å². The molecule has 3 nitrogen and oxygen atoms in total. The maximum absolute atomic E-state index is 6.73. The molecule has 1 N–H and O–H groups in total. The molecule has 0 radical (unpaired) electrons. The number of anilines is 1. The van der Waals surface area contributed by atoms with Gasteiger partial charge in [-0.3, -0.25) is 5.10 Å². The fourth-order valence-electron chi connectivity index (χ4n) is 5.18. The van der Waals surface area contributed by atoms with E-state index in [0.717, 1.165) is 22.8 Å². The average Bonchev–Trinajstić information content (AvgIpc) is 3.29. The van der Waals surface area contributed by atoms with Crippen molar-refractivity contribution >= 4 is 17.3 Å². The number of halogens is 1. The number of benzene rings is 2. The van der Waals surface area contributed by atoms with Crippen molar-refractivity contribution < 1.29 is 0 Å². The van der Waals surface area contributed by atoms with Crippen LogP contribution in [0, 0.1) is 0 Å². The molecule has 0 spiro atoms. The lowest BCUT2D eigenvalue weighted by atomic mass is 9.76. The van der Waals surface area contributed by atoms with Crippen LogP contribution >= 0.6 is 11.6 Å². The number of hydrogen-bond donors (Lipinski definition) is 1. The van der Waals surface area contributed by atoms with Crippen LogP contribution in [-0.4, -0.2) is 22.8 Å². The molecule has 1 aromatic heterocycles. The number of piperidine rings is 1. The Morgan fingerprint density at radius 2 is 1.93 bits per heavy atom. The minimum absolute atomic E-state index is 0.518. The number of fused-ring (bicyclic) bond motifs is 1. The summed E-state index contributed by atoms with van der Waals surface area (Å²) < 4.78 is 0. The second-order valence-electron chi connectivity index (χ2n) is 8.09.